The van der Waals surface area contributed by atoms with E-state index in [1.165, 1.54) is 24.3 Å². The maximum absolute atomic E-state index is 12.9. The highest BCUT2D eigenvalue weighted by Crippen LogP contribution is 2.27. The summed E-state index contributed by atoms with van der Waals surface area (Å²) >= 11 is 0. The summed E-state index contributed by atoms with van der Waals surface area (Å²) in [5.74, 6) is 0. The van der Waals surface area contributed by atoms with Gasteiger partial charge in [-0.05, 0) is 35.7 Å². The zero-order chi connectivity index (χ0) is 19.4. The van der Waals surface area contributed by atoms with E-state index >= 15 is 0 Å². The third-order valence-corrected chi connectivity index (χ3v) is 5.70. The van der Waals surface area contributed by atoms with Crippen molar-refractivity contribution in [2.75, 3.05) is 0 Å². The van der Waals surface area contributed by atoms with Crippen LogP contribution >= 0.6 is 0 Å². The van der Waals surface area contributed by atoms with Crippen LogP contribution in [-0.2, 0) is 10.0 Å². The predicted molar refractivity (Wildman–Crippen MR) is 103 cm³/mol. The van der Waals surface area contributed by atoms with Crippen LogP contribution in [0.4, 0.5) is 5.69 Å². The van der Waals surface area contributed by atoms with E-state index in [9.17, 15) is 18.5 Å². The zero-order valence-electron chi connectivity index (χ0n) is 14.6. The van der Waals surface area contributed by atoms with Gasteiger partial charge in [-0.1, -0.05) is 54.6 Å². The Balaban J connectivity index is 2.01. The maximum atomic E-state index is 12.9. The lowest BCUT2D eigenvalue weighted by Crippen LogP contribution is -2.30. The molecule has 3 aromatic carbocycles. The van der Waals surface area contributed by atoms with E-state index in [1.807, 2.05) is 61.5 Å². The Bertz CT molecular complexity index is 1050. The third-order valence-electron chi connectivity index (χ3n) is 4.26. The molecule has 0 spiro atoms. The smallest absolute Gasteiger partial charge is 0.258 e. The van der Waals surface area contributed by atoms with Gasteiger partial charge in [0.15, 0.2) is 0 Å². The molecule has 0 fully saturated rings. The van der Waals surface area contributed by atoms with Crippen molar-refractivity contribution in [3.8, 4) is 0 Å². The number of aryl methyl sites for hydroxylation is 1. The number of rotatable bonds is 6. The van der Waals surface area contributed by atoms with E-state index in [4.69, 9.17) is 0 Å². The largest absolute Gasteiger partial charge is 0.269 e. The molecule has 1 N–H and O–H groups in total. The van der Waals surface area contributed by atoms with Gasteiger partial charge in [0.1, 0.15) is 0 Å². The van der Waals surface area contributed by atoms with Crippen molar-refractivity contribution >= 4 is 15.7 Å². The molecule has 0 aliphatic heterocycles. The van der Waals surface area contributed by atoms with Crippen molar-refractivity contribution in [3.05, 3.63) is 106 Å². The topological polar surface area (TPSA) is 89.3 Å². The number of benzene rings is 3. The second kappa shape index (κ2) is 7.69. The van der Waals surface area contributed by atoms with Gasteiger partial charge in [0.2, 0.25) is 10.0 Å². The molecule has 27 heavy (non-hydrogen) atoms. The number of non-ortho nitro benzene ring substituents is 1. The molecule has 3 aromatic rings. The first kappa shape index (κ1) is 18.8. The van der Waals surface area contributed by atoms with E-state index in [0.717, 1.165) is 16.7 Å². The zero-order valence-corrected chi connectivity index (χ0v) is 15.4. The average Bonchev–Trinajstić information content (AvgIpc) is 2.67. The number of nitrogens with one attached hydrogen (secondary N) is 1. The molecular weight excluding hydrogens is 364 g/mol. The Morgan fingerprint density at radius 2 is 1.48 bits per heavy atom. The molecule has 0 unspecified atom stereocenters. The summed E-state index contributed by atoms with van der Waals surface area (Å²) in [7, 11) is -3.89. The second-order valence-electron chi connectivity index (χ2n) is 6.07. The predicted octanol–water partition coefficient (Wildman–Crippen LogP) is 3.97. The fraction of sp³-hybridized carbons (Fsp3) is 0.100. The normalized spacial score (nSPS) is 12.5. The van der Waals surface area contributed by atoms with Gasteiger partial charge in [0.05, 0.1) is 15.9 Å². The summed E-state index contributed by atoms with van der Waals surface area (Å²) in [6.07, 6.45) is 0. The van der Waals surface area contributed by atoms with Gasteiger partial charge in [0, 0.05) is 12.1 Å². The molecule has 7 heteroatoms. The third kappa shape index (κ3) is 4.21. The van der Waals surface area contributed by atoms with E-state index in [0.29, 0.717) is 0 Å². The van der Waals surface area contributed by atoms with Gasteiger partial charge < -0.3 is 0 Å². The number of nitro benzene ring substituents is 1. The molecule has 0 aliphatic rings. The van der Waals surface area contributed by atoms with Crippen LogP contribution in [0.2, 0.25) is 0 Å². The number of nitro groups is 1. The van der Waals surface area contributed by atoms with Gasteiger partial charge in [-0.15, -0.1) is 0 Å². The van der Waals surface area contributed by atoms with Crippen LogP contribution in [0.1, 0.15) is 22.7 Å². The molecule has 3 rings (SSSR count). The average molecular weight is 382 g/mol. The molecular formula is C20H18N2O4S. The lowest BCUT2D eigenvalue weighted by atomic mass is 9.96. The van der Waals surface area contributed by atoms with Gasteiger partial charge in [-0.2, -0.15) is 4.72 Å². The summed E-state index contributed by atoms with van der Waals surface area (Å²) in [6, 6.07) is 21.1. The molecule has 0 radical (unpaired) electrons. The van der Waals surface area contributed by atoms with Gasteiger partial charge in [-0.3, -0.25) is 10.1 Å². The number of nitrogens with zero attached hydrogens (tertiary/aromatic N) is 1. The minimum Gasteiger partial charge on any atom is -0.258 e. The van der Waals surface area contributed by atoms with E-state index in [2.05, 4.69) is 4.72 Å². The van der Waals surface area contributed by atoms with E-state index < -0.39 is 21.0 Å². The molecule has 0 heterocycles. The molecule has 6 nitrogen and oxygen atoms in total. The summed E-state index contributed by atoms with van der Waals surface area (Å²) in [5.41, 5.74) is 2.44. The summed E-state index contributed by atoms with van der Waals surface area (Å²) in [6.45, 7) is 1.92. The molecule has 0 saturated heterocycles. The maximum Gasteiger partial charge on any atom is 0.269 e. The molecule has 0 bridgehead atoms. The molecule has 138 valence electrons. The lowest BCUT2D eigenvalue weighted by molar-refractivity contribution is -0.384. The molecule has 0 saturated carbocycles. The fourth-order valence-corrected chi connectivity index (χ4v) is 4.04. The first-order valence-corrected chi connectivity index (χ1v) is 9.74. The van der Waals surface area contributed by atoms with Crippen molar-refractivity contribution < 1.29 is 13.3 Å². The highest BCUT2D eigenvalue weighted by Gasteiger charge is 2.24. The van der Waals surface area contributed by atoms with Crippen LogP contribution in [0.3, 0.4) is 0 Å². The molecule has 0 amide bonds. The summed E-state index contributed by atoms with van der Waals surface area (Å²) in [5, 5.41) is 10.8. The number of hydrogen-bond donors (Lipinski definition) is 1. The van der Waals surface area contributed by atoms with Crippen LogP contribution < -0.4 is 4.72 Å². The highest BCUT2D eigenvalue weighted by molar-refractivity contribution is 7.89. The minimum absolute atomic E-state index is 0.0254. The molecule has 0 aliphatic carbocycles. The highest BCUT2D eigenvalue weighted by atomic mass is 32.2. The van der Waals surface area contributed by atoms with Crippen LogP contribution in [-0.4, -0.2) is 13.3 Å². The lowest BCUT2D eigenvalue weighted by Gasteiger charge is -2.21. The first-order chi connectivity index (χ1) is 12.9. The van der Waals surface area contributed by atoms with Crippen LogP contribution in [0.15, 0.2) is 83.8 Å². The van der Waals surface area contributed by atoms with E-state index in [1.54, 1.807) is 0 Å². The second-order valence-corrected chi connectivity index (χ2v) is 7.79. The van der Waals surface area contributed by atoms with Crippen LogP contribution in [0, 0.1) is 17.0 Å². The van der Waals surface area contributed by atoms with Crippen molar-refractivity contribution in [2.24, 2.45) is 0 Å². The van der Waals surface area contributed by atoms with E-state index in [-0.39, 0.29) is 10.6 Å². The number of sulfonamides is 1. The number of hydrogen-bond acceptors (Lipinski definition) is 4. The van der Waals surface area contributed by atoms with Crippen molar-refractivity contribution in [1.29, 1.82) is 0 Å². The summed E-state index contributed by atoms with van der Waals surface area (Å²) in [4.78, 5) is 10.2. The van der Waals surface area contributed by atoms with Crippen LogP contribution in [0.5, 0.6) is 0 Å². The molecule has 1 atom stereocenters. The van der Waals surface area contributed by atoms with Crippen LogP contribution in [0.25, 0.3) is 0 Å². The van der Waals surface area contributed by atoms with Crippen molar-refractivity contribution in [3.63, 3.8) is 0 Å². The molecule has 0 aromatic heterocycles. The SMILES string of the molecule is Cc1ccccc1[C@H](NS(=O)(=O)c1ccc([N+](=O)[O-])cc1)c1ccccc1. The quantitative estimate of drug-likeness (QED) is 0.516. The summed E-state index contributed by atoms with van der Waals surface area (Å²) < 4.78 is 28.5. The van der Waals surface area contributed by atoms with Gasteiger partial charge in [0.25, 0.3) is 5.69 Å². The van der Waals surface area contributed by atoms with Gasteiger partial charge >= 0.3 is 0 Å². The Morgan fingerprint density at radius 1 is 0.889 bits per heavy atom. The van der Waals surface area contributed by atoms with Crippen molar-refractivity contribution in [2.45, 2.75) is 17.9 Å². The van der Waals surface area contributed by atoms with Crippen molar-refractivity contribution in [1.82, 2.24) is 4.72 Å². The van der Waals surface area contributed by atoms with Gasteiger partial charge in [-0.25, -0.2) is 8.42 Å². The Kier molecular flexibility index (Phi) is 5.34. The fourth-order valence-electron chi connectivity index (χ4n) is 2.84. The Labute approximate surface area is 157 Å². The standard InChI is InChI=1S/C20H18N2O4S/c1-15-7-5-6-10-19(15)20(16-8-3-2-4-9-16)21-27(25,26)18-13-11-17(12-14-18)22(23)24/h2-14,20-21H,1H3/t20-/m1/s1. The minimum atomic E-state index is -3.89. The monoisotopic (exact) mass is 382 g/mol. The Morgan fingerprint density at radius 3 is 2.07 bits per heavy atom. The first-order valence-electron chi connectivity index (χ1n) is 8.26. The Hall–Kier alpha value is -3.03.